The van der Waals surface area contributed by atoms with E-state index in [-0.39, 0.29) is 42.4 Å². The normalized spacial score (nSPS) is 15.8. The van der Waals surface area contributed by atoms with Crippen molar-refractivity contribution in [3.8, 4) is 11.5 Å². The van der Waals surface area contributed by atoms with Gasteiger partial charge in [0.2, 0.25) is 0 Å². The van der Waals surface area contributed by atoms with Crippen LogP contribution in [-0.4, -0.2) is 42.5 Å². The number of alkyl halides is 3. The van der Waals surface area contributed by atoms with E-state index >= 15 is 0 Å². The molecule has 2 aromatic rings. The van der Waals surface area contributed by atoms with Crippen LogP contribution in [0.3, 0.4) is 0 Å². The first-order valence-corrected chi connectivity index (χ1v) is 10.4. The monoisotopic (exact) mass is 676 g/mol. The summed E-state index contributed by atoms with van der Waals surface area (Å²) in [5.41, 5.74) is 1.87. The number of nitrogens with one attached hydrogen (secondary N) is 1. The lowest BCUT2D eigenvalue weighted by Gasteiger charge is -2.36. The molecule has 0 unspecified atom stereocenters. The molecule has 3 rings (SSSR count). The van der Waals surface area contributed by atoms with Crippen LogP contribution in [0.25, 0.3) is 0 Å². The predicted molar refractivity (Wildman–Crippen MR) is 127 cm³/mol. The summed E-state index contributed by atoms with van der Waals surface area (Å²) in [4.78, 5) is 2.29. The Morgan fingerprint density at radius 2 is 1.48 bits per heavy atom. The molecule has 1 aliphatic heterocycles. The Hall–Kier alpha value is -0.210. The molecule has 29 heavy (non-hydrogen) atoms. The van der Waals surface area contributed by atoms with Crippen LogP contribution in [0, 0.1) is 7.14 Å². The van der Waals surface area contributed by atoms with E-state index < -0.39 is 6.36 Å². The lowest BCUT2D eigenvalue weighted by atomic mass is 9.96. The van der Waals surface area contributed by atoms with Crippen LogP contribution in [0.2, 0.25) is 0 Å². The number of ether oxygens (including phenoxy) is 1. The van der Waals surface area contributed by atoms with E-state index in [1.807, 2.05) is 12.1 Å². The van der Waals surface area contributed by atoms with Crippen LogP contribution in [0.5, 0.6) is 11.5 Å². The lowest BCUT2D eigenvalue weighted by Crippen LogP contribution is -2.45. The largest absolute Gasteiger partial charge is 0.573 e. The number of piperazine rings is 1. The molecule has 0 radical (unpaired) electrons. The van der Waals surface area contributed by atoms with Crippen molar-refractivity contribution in [2.75, 3.05) is 26.2 Å². The maximum atomic E-state index is 12.4. The van der Waals surface area contributed by atoms with Crippen LogP contribution >= 0.6 is 70.0 Å². The topological polar surface area (TPSA) is 44.7 Å². The van der Waals surface area contributed by atoms with E-state index in [0.717, 1.165) is 44.4 Å². The van der Waals surface area contributed by atoms with Crippen molar-refractivity contribution in [2.45, 2.75) is 12.4 Å². The van der Waals surface area contributed by atoms with Crippen molar-refractivity contribution in [1.29, 1.82) is 0 Å². The highest BCUT2D eigenvalue weighted by atomic mass is 127. The van der Waals surface area contributed by atoms with E-state index in [1.54, 1.807) is 12.1 Å². The van der Waals surface area contributed by atoms with Gasteiger partial charge in [0.1, 0.15) is 11.5 Å². The van der Waals surface area contributed by atoms with Gasteiger partial charge in [0.25, 0.3) is 0 Å². The van der Waals surface area contributed by atoms with E-state index in [4.69, 9.17) is 0 Å². The lowest BCUT2D eigenvalue weighted by molar-refractivity contribution is -0.274. The quantitative estimate of drug-likeness (QED) is 0.430. The molecule has 2 N–H and O–H groups in total. The molecule has 11 heteroatoms. The average molecular weight is 677 g/mol. The molecule has 162 valence electrons. The average Bonchev–Trinajstić information content (AvgIpc) is 2.61. The summed E-state index contributed by atoms with van der Waals surface area (Å²) < 4.78 is 42.7. The number of hydrogen-bond donors (Lipinski definition) is 2. The summed E-state index contributed by atoms with van der Waals surface area (Å²) in [6.07, 6.45) is -4.71. The van der Waals surface area contributed by atoms with Crippen LogP contribution in [0.15, 0.2) is 36.4 Å². The molecule has 0 saturated carbocycles. The Labute approximate surface area is 206 Å². The number of rotatable bonds is 4. The second kappa shape index (κ2) is 11.4. The van der Waals surface area contributed by atoms with Gasteiger partial charge in [-0.15, -0.1) is 38.0 Å². The summed E-state index contributed by atoms with van der Waals surface area (Å²) >= 11 is 4.18. The van der Waals surface area contributed by atoms with Crippen LogP contribution in [-0.2, 0) is 0 Å². The summed E-state index contributed by atoms with van der Waals surface area (Å²) in [5.74, 6) is 0.00751. The van der Waals surface area contributed by atoms with Crippen LogP contribution < -0.4 is 10.1 Å². The third-order valence-electron chi connectivity index (χ3n) is 4.30. The Morgan fingerprint density at radius 1 is 0.966 bits per heavy atom. The van der Waals surface area contributed by atoms with E-state index in [1.165, 1.54) is 12.1 Å². The van der Waals surface area contributed by atoms with Crippen molar-refractivity contribution in [1.82, 2.24) is 10.2 Å². The first-order valence-electron chi connectivity index (χ1n) is 8.23. The first kappa shape index (κ1) is 26.8. The molecular formula is C18H19Cl2F3I2N2O2. The van der Waals surface area contributed by atoms with Gasteiger partial charge >= 0.3 is 6.36 Å². The number of hydrogen-bond acceptors (Lipinski definition) is 4. The predicted octanol–water partition coefficient (Wildman–Crippen LogP) is 5.34. The molecule has 1 aliphatic rings. The van der Waals surface area contributed by atoms with Crippen molar-refractivity contribution in [3.05, 3.63) is 54.7 Å². The van der Waals surface area contributed by atoms with Gasteiger partial charge in [-0.3, -0.25) is 4.90 Å². The van der Waals surface area contributed by atoms with Crippen molar-refractivity contribution >= 4 is 70.0 Å². The zero-order valence-corrected chi connectivity index (χ0v) is 20.8. The minimum atomic E-state index is -4.71. The fourth-order valence-electron chi connectivity index (χ4n) is 3.15. The fourth-order valence-corrected chi connectivity index (χ4v) is 4.97. The van der Waals surface area contributed by atoms with Crippen molar-refractivity contribution in [2.24, 2.45) is 0 Å². The first-order chi connectivity index (χ1) is 12.7. The van der Waals surface area contributed by atoms with Crippen LogP contribution in [0.4, 0.5) is 13.2 Å². The standard InChI is InChI=1S/C18H17F3I2N2O2.2ClH/c19-18(20,21)27-13-3-1-11(2-4-13)16(25-7-5-24-6-8-25)12-9-14(22)17(26)15(23)10-12;;/h1-4,9-10,16,24,26H,5-8H2;2*1H/t16-;;/m1../s1. The molecule has 1 fully saturated rings. The summed E-state index contributed by atoms with van der Waals surface area (Å²) in [6, 6.07) is 9.74. The summed E-state index contributed by atoms with van der Waals surface area (Å²) in [5, 5.41) is 13.4. The van der Waals surface area contributed by atoms with E-state index in [9.17, 15) is 18.3 Å². The molecule has 4 nitrogen and oxygen atoms in total. The number of phenolic OH excluding ortho intramolecular Hbond substituents is 1. The molecule has 1 atom stereocenters. The highest BCUT2D eigenvalue weighted by molar-refractivity contribution is 14.1. The molecular weight excluding hydrogens is 658 g/mol. The summed E-state index contributed by atoms with van der Waals surface area (Å²) in [6.45, 7) is 3.33. The number of aromatic hydroxyl groups is 1. The maximum absolute atomic E-state index is 12.4. The minimum absolute atomic E-state index is 0. The highest BCUT2D eigenvalue weighted by Crippen LogP contribution is 2.36. The van der Waals surface area contributed by atoms with E-state index in [2.05, 4.69) is 60.1 Å². The number of nitrogens with zero attached hydrogens (tertiary/aromatic N) is 1. The second-order valence-electron chi connectivity index (χ2n) is 6.14. The van der Waals surface area contributed by atoms with Gasteiger partial charge in [0.05, 0.1) is 13.2 Å². The third kappa shape index (κ3) is 7.17. The highest BCUT2D eigenvalue weighted by Gasteiger charge is 2.31. The van der Waals surface area contributed by atoms with Gasteiger partial charge in [-0.05, 0) is 80.6 Å². The SMILES string of the molecule is Cl.Cl.Oc1c(I)cc([C@@H](c2ccc(OC(F)(F)F)cc2)N2CCNCC2)cc1I. The second-order valence-corrected chi connectivity index (χ2v) is 8.46. The minimum Gasteiger partial charge on any atom is -0.506 e. The Balaban J connectivity index is 0.00000210. The summed E-state index contributed by atoms with van der Waals surface area (Å²) in [7, 11) is 0. The van der Waals surface area contributed by atoms with Crippen molar-refractivity contribution < 1.29 is 23.0 Å². The van der Waals surface area contributed by atoms with Crippen LogP contribution in [0.1, 0.15) is 17.2 Å². The van der Waals surface area contributed by atoms with Gasteiger partial charge in [0.15, 0.2) is 0 Å². The maximum Gasteiger partial charge on any atom is 0.573 e. The molecule has 0 bridgehead atoms. The smallest absolute Gasteiger partial charge is 0.506 e. The van der Waals surface area contributed by atoms with Gasteiger partial charge in [0, 0.05) is 26.2 Å². The fraction of sp³-hybridized carbons (Fsp3) is 0.333. The molecule has 1 heterocycles. The van der Waals surface area contributed by atoms with Gasteiger partial charge < -0.3 is 15.2 Å². The number of halogens is 7. The molecule has 0 aliphatic carbocycles. The number of phenols is 1. The zero-order valence-electron chi connectivity index (χ0n) is 14.9. The molecule has 0 aromatic heterocycles. The van der Waals surface area contributed by atoms with Gasteiger partial charge in [-0.25, -0.2) is 0 Å². The van der Waals surface area contributed by atoms with Crippen molar-refractivity contribution in [3.63, 3.8) is 0 Å². The van der Waals surface area contributed by atoms with Gasteiger partial charge in [-0.1, -0.05) is 12.1 Å². The Bertz CT molecular complexity index is 782. The molecule has 0 spiro atoms. The van der Waals surface area contributed by atoms with E-state index in [0.29, 0.717) is 0 Å². The molecule has 1 saturated heterocycles. The molecule has 0 amide bonds. The number of benzene rings is 2. The van der Waals surface area contributed by atoms with Gasteiger partial charge in [-0.2, -0.15) is 0 Å². The zero-order chi connectivity index (χ0) is 19.6. The Kier molecular flexibility index (Phi) is 10.6. The third-order valence-corrected chi connectivity index (χ3v) is 5.95. The Morgan fingerprint density at radius 3 is 1.97 bits per heavy atom. The molecule has 2 aromatic carbocycles.